The lowest BCUT2D eigenvalue weighted by Crippen LogP contribution is -2.36. The molecule has 0 saturated carbocycles. The minimum Gasteiger partial charge on any atom is -0.341 e. The van der Waals surface area contributed by atoms with Gasteiger partial charge in [0.15, 0.2) is 0 Å². The van der Waals surface area contributed by atoms with E-state index in [9.17, 15) is 0 Å². The van der Waals surface area contributed by atoms with Crippen molar-refractivity contribution in [3.8, 4) is 0 Å². The lowest BCUT2D eigenvalue weighted by Gasteiger charge is -2.32. The quantitative estimate of drug-likeness (QED) is 0.776. The molecule has 1 fully saturated rings. The van der Waals surface area contributed by atoms with Gasteiger partial charge in [-0.05, 0) is 45.1 Å². The Balaban J connectivity index is 2.10. The van der Waals surface area contributed by atoms with E-state index in [1.807, 2.05) is 19.9 Å². The molecule has 1 aromatic rings. The number of hydrogen-bond donors (Lipinski definition) is 0. The molecule has 2 heterocycles. The first-order valence-corrected chi connectivity index (χ1v) is 6.85. The fourth-order valence-electron chi connectivity index (χ4n) is 2.49. The van der Waals surface area contributed by atoms with Crippen molar-refractivity contribution >= 4 is 17.5 Å². The van der Waals surface area contributed by atoms with Crippen LogP contribution in [-0.2, 0) is 0 Å². The summed E-state index contributed by atoms with van der Waals surface area (Å²) in [5.74, 6) is 2.35. The first-order valence-electron chi connectivity index (χ1n) is 6.32. The summed E-state index contributed by atoms with van der Waals surface area (Å²) < 4.78 is 0. The molecule has 1 aliphatic heterocycles. The van der Waals surface area contributed by atoms with E-state index in [-0.39, 0.29) is 0 Å². The average Bonchev–Trinajstić information content (AvgIpc) is 2.28. The van der Waals surface area contributed by atoms with Crippen molar-refractivity contribution in [1.82, 2.24) is 9.97 Å². The van der Waals surface area contributed by atoms with E-state index in [0.717, 1.165) is 42.7 Å². The molecule has 4 heteroatoms. The van der Waals surface area contributed by atoms with E-state index in [2.05, 4.69) is 14.9 Å². The Morgan fingerprint density at radius 1 is 1.35 bits per heavy atom. The van der Waals surface area contributed by atoms with Crippen LogP contribution < -0.4 is 4.90 Å². The Bertz CT molecular complexity index is 359. The fourth-order valence-corrected chi connectivity index (χ4v) is 2.79. The highest BCUT2D eigenvalue weighted by Gasteiger charge is 2.21. The first-order chi connectivity index (χ1) is 8.19. The Morgan fingerprint density at radius 2 is 2.06 bits per heavy atom. The van der Waals surface area contributed by atoms with Gasteiger partial charge < -0.3 is 4.90 Å². The van der Waals surface area contributed by atoms with Crippen LogP contribution in [0.4, 0.5) is 5.95 Å². The number of hydrogen-bond acceptors (Lipinski definition) is 3. The van der Waals surface area contributed by atoms with E-state index in [1.165, 1.54) is 12.8 Å². The highest BCUT2D eigenvalue weighted by Crippen LogP contribution is 2.23. The van der Waals surface area contributed by atoms with Crippen LogP contribution in [0.2, 0.25) is 0 Å². The third-order valence-electron chi connectivity index (χ3n) is 3.29. The number of alkyl halides is 1. The van der Waals surface area contributed by atoms with Gasteiger partial charge in [-0.25, -0.2) is 9.97 Å². The summed E-state index contributed by atoms with van der Waals surface area (Å²) in [6.07, 6.45) is 3.61. The highest BCUT2D eigenvalue weighted by molar-refractivity contribution is 6.17. The summed E-state index contributed by atoms with van der Waals surface area (Å²) in [6.45, 7) is 6.17. The third-order valence-corrected chi connectivity index (χ3v) is 3.51. The van der Waals surface area contributed by atoms with Gasteiger partial charge >= 0.3 is 0 Å². The monoisotopic (exact) mass is 253 g/mol. The predicted octanol–water partition coefficient (Wildman–Crippen LogP) is 2.94. The molecule has 0 bridgehead atoms. The Labute approximate surface area is 108 Å². The molecule has 2 rings (SSSR count). The Kier molecular flexibility index (Phi) is 4.21. The summed E-state index contributed by atoms with van der Waals surface area (Å²) in [7, 11) is 0. The van der Waals surface area contributed by atoms with Crippen LogP contribution >= 0.6 is 11.6 Å². The second-order valence-electron chi connectivity index (χ2n) is 4.88. The third kappa shape index (κ3) is 3.32. The maximum atomic E-state index is 5.83. The van der Waals surface area contributed by atoms with Gasteiger partial charge in [0.1, 0.15) is 0 Å². The van der Waals surface area contributed by atoms with E-state index in [4.69, 9.17) is 11.6 Å². The molecule has 1 aliphatic rings. The predicted molar refractivity (Wildman–Crippen MR) is 71.8 cm³/mol. The summed E-state index contributed by atoms with van der Waals surface area (Å²) in [6, 6.07) is 2.02. The molecule has 1 aromatic heterocycles. The molecule has 1 saturated heterocycles. The van der Waals surface area contributed by atoms with Gasteiger partial charge in [0.05, 0.1) is 0 Å². The molecule has 0 N–H and O–H groups in total. The van der Waals surface area contributed by atoms with Crippen molar-refractivity contribution in [2.75, 3.05) is 23.9 Å². The summed E-state index contributed by atoms with van der Waals surface area (Å²) in [4.78, 5) is 11.4. The molecule has 17 heavy (non-hydrogen) atoms. The first kappa shape index (κ1) is 12.6. The van der Waals surface area contributed by atoms with Crippen molar-refractivity contribution in [3.05, 3.63) is 17.5 Å². The number of aromatic nitrogens is 2. The zero-order valence-corrected chi connectivity index (χ0v) is 11.4. The minimum absolute atomic E-state index is 0.700. The fraction of sp³-hybridized carbons (Fsp3) is 0.692. The lowest BCUT2D eigenvalue weighted by molar-refractivity contribution is 0.402. The van der Waals surface area contributed by atoms with Crippen LogP contribution in [0.15, 0.2) is 6.07 Å². The van der Waals surface area contributed by atoms with Crippen LogP contribution in [0.25, 0.3) is 0 Å². The molecule has 0 amide bonds. The summed E-state index contributed by atoms with van der Waals surface area (Å²) in [5, 5.41) is 0. The molecule has 3 nitrogen and oxygen atoms in total. The van der Waals surface area contributed by atoms with Crippen LogP contribution in [0.1, 0.15) is 30.7 Å². The van der Waals surface area contributed by atoms with Gasteiger partial charge in [-0.1, -0.05) is 0 Å². The topological polar surface area (TPSA) is 29.0 Å². The number of anilines is 1. The number of aryl methyl sites for hydroxylation is 2. The zero-order chi connectivity index (χ0) is 12.3. The molecular weight excluding hydrogens is 234 g/mol. The Hall–Kier alpha value is -0.830. The van der Waals surface area contributed by atoms with Crippen molar-refractivity contribution in [3.63, 3.8) is 0 Å². The van der Waals surface area contributed by atoms with Crippen LogP contribution in [0.5, 0.6) is 0 Å². The van der Waals surface area contributed by atoms with Gasteiger partial charge in [-0.15, -0.1) is 11.6 Å². The van der Waals surface area contributed by atoms with Crippen molar-refractivity contribution in [2.45, 2.75) is 33.1 Å². The van der Waals surface area contributed by atoms with Gasteiger partial charge in [-0.3, -0.25) is 0 Å². The van der Waals surface area contributed by atoms with Crippen LogP contribution in [0.3, 0.4) is 0 Å². The molecule has 0 radical (unpaired) electrons. The van der Waals surface area contributed by atoms with Gasteiger partial charge in [-0.2, -0.15) is 0 Å². The molecule has 1 unspecified atom stereocenters. The van der Waals surface area contributed by atoms with E-state index in [1.54, 1.807) is 0 Å². The molecule has 1 atom stereocenters. The molecular formula is C13H20ClN3. The molecule has 94 valence electrons. The van der Waals surface area contributed by atoms with E-state index in [0.29, 0.717) is 5.92 Å². The second kappa shape index (κ2) is 5.67. The van der Waals surface area contributed by atoms with E-state index < -0.39 is 0 Å². The van der Waals surface area contributed by atoms with Gasteiger partial charge in [0, 0.05) is 30.4 Å². The lowest BCUT2D eigenvalue weighted by atomic mass is 9.96. The zero-order valence-electron chi connectivity index (χ0n) is 10.6. The maximum Gasteiger partial charge on any atom is 0.225 e. The molecule has 0 aromatic carbocycles. The molecule has 0 aliphatic carbocycles. The highest BCUT2D eigenvalue weighted by atomic mass is 35.5. The Morgan fingerprint density at radius 3 is 2.71 bits per heavy atom. The van der Waals surface area contributed by atoms with E-state index >= 15 is 0 Å². The number of halogens is 1. The van der Waals surface area contributed by atoms with Gasteiger partial charge in [0.2, 0.25) is 5.95 Å². The van der Waals surface area contributed by atoms with Crippen molar-refractivity contribution in [1.29, 1.82) is 0 Å². The minimum atomic E-state index is 0.700. The normalized spacial score (nSPS) is 20.6. The number of piperidine rings is 1. The second-order valence-corrected chi connectivity index (χ2v) is 5.26. The standard InChI is InChI=1S/C13H20ClN3/c1-10-8-11(2)16-13(15-10)17-7-3-4-12(9-17)5-6-14/h8,12H,3-7,9H2,1-2H3. The largest absolute Gasteiger partial charge is 0.341 e. The average molecular weight is 254 g/mol. The SMILES string of the molecule is Cc1cc(C)nc(N2CCCC(CCCl)C2)n1. The summed E-state index contributed by atoms with van der Waals surface area (Å²) in [5.41, 5.74) is 2.10. The number of nitrogens with zero attached hydrogens (tertiary/aromatic N) is 3. The van der Waals surface area contributed by atoms with Crippen molar-refractivity contribution < 1.29 is 0 Å². The molecule has 0 spiro atoms. The van der Waals surface area contributed by atoms with Crippen LogP contribution in [-0.4, -0.2) is 28.9 Å². The van der Waals surface area contributed by atoms with Crippen molar-refractivity contribution in [2.24, 2.45) is 5.92 Å². The van der Waals surface area contributed by atoms with Gasteiger partial charge in [0.25, 0.3) is 0 Å². The number of rotatable bonds is 3. The summed E-state index contributed by atoms with van der Waals surface area (Å²) >= 11 is 5.83. The smallest absolute Gasteiger partial charge is 0.225 e. The maximum absolute atomic E-state index is 5.83. The van der Waals surface area contributed by atoms with Crippen LogP contribution in [0, 0.1) is 19.8 Å².